The zero-order chi connectivity index (χ0) is 30.6. The van der Waals surface area contributed by atoms with Gasteiger partial charge in [0, 0.05) is 34.8 Å². The van der Waals surface area contributed by atoms with Gasteiger partial charge in [0.2, 0.25) is 0 Å². The van der Waals surface area contributed by atoms with E-state index in [1.807, 2.05) is 0 Å². The van der Waals surface area contributed by atoms with Gasteiger partial charge in [0.1, 0.15) is 11.6 Å². The fraction of sp³-hybridized carbons (Fsp3) is 0.148. The normalized spacial score (nSPS) is 13.8. The highest BCUT2D eigenvalue weighted by Gasteiger charge is 2.35. The van der Waals surface area contributed by atoms with Gasteiger partial charge in [-0.25, -0.2) is 17.8 Å². The molecule has 0 radical (unpaired) electrons. The lowest BCUT2D eigenvalue weighted by atomic mass is 10.0. The van der Waals surface area contributed by atoms with Gasteiger partial charge in [-0.3, -0.25) is 5.01 Å². The van der Waals surface area contributed by atoms with E-state index in [0.29, 0.717) is 26.9 Å². The molecule has 0 bridgehead atoms. The molecule has 3 aromatic carbocycles. The summed E-state index contributed by atoms with van der Waals surface area (Å²) in [5.41, 5.74) is 6.27. The summed E-state index contributed by atoms with van der Waals surface area (Å²) in [5.74, 6) is -0.896. The van der Waals surface area contributed by atoms with Gasteiger partial charge < -0.3 is 15.1 Å². The SMILES string of the molecule is Cc1nc(C(F)(F)F)cn1-c1ccc(-c2cc(F)c(CO)c(S(C)(=O)=O)c2)cc1N1NNC=C1c1ccc(Cl)cc1Cl. The number of halogens is 6. The Bertz CT molecular complexity index is 1860. The average molecular weight is 642 g/mol. The van der Waals surface area contributed by atoms with Crippen LogP contribution < -0.4 is 16.0 Å². The molecular formula is C27H21Cl2F4N5O3S. The number of imidazole rings is 1. The van der Waals surface area contributed by atoms with Gasteiger partial charge in [-0.2, -0.15) is 13.2 Å². The molecule has 0 fully saturated rings. The molecule has 42 heavy (non-hydrogen) atoms. The maximum absolute atomic E-state index is 15.0. The number of alkyl halides is 3. The van der Waals surface area contributed by atoms with E-state index in [9.17, 15) is 31.1 Å². The van der Waals surface area contributed by atoms with Crippen molar-refractivity contribution in [2.45, 2.75) is 24.6 Å². The number of rotatable bonds is 6. The summed E-state index contributed by atoms with van der Waals surface area (Å²) in [5, 5.41) is 11.8. The van der Waals surface area contributed by atoms with Gasteiger partial charge >= 0.3 is 6.18 Å². The van der Waals surface area contributed by atoms with E-state index in [-0.39, 0.29) is 33.2 Å². The Morgan fingerprint density at radius 3 is 2.38 bits per heavy atom. The van der Waals surface area contributed by atoms with Crippen molar-refractivity contribution in [1.29, 1.82) is 0 Å². The molecule has 8 nitrogen and oxygen atoms in total. The van der Waals surface area contributed by atoms with Crippen LogP contribution in [0.4, 0.5) is 23.2 Å². The van der Waals surface area contributed by atoms with Crippen LogP contribution in [0.15, 0.2) is 65.8 Å². The van der Waals surface area contributed by atoms with Crippen LogP contribution in [-0.4, -0.2) is 29.3 Å². The first-order valence-corrected chi connectivity index (χ1v) is 14.7. The first-order valence-electron chi connectivity index (χ1n) is 12.1. The van der Waals surface area contributed by atoms with Crippen LogP contribution >= 0.6 is 23.2 Å². The number of hydrazine groups is 2. The molecule has 4 aromatic rings. The van der Waals surface area contributed by atoms with Crippen LogP contribution in [0, 0.1) is 12.7 Å². The molecule has 1 aliphatic heterocycles. The molecular weight excluding hydrogens is 621 g/mol. The average Bonchev–Trinajstić information content (AvgIpc) is 3.54. The smallest absolute Gasteiger partial charge is 0.392 e. The molecule has 0 spiro atoms. The van der Waals surface area contributed by atoms with Crippen molar-refractivity contribution in [2.24, 2.45) is 0 Å². The molecule has 1 aromatic heterocycles. The van der Waals surface area contributed by atoms with Crippen LogP contribution in [0.3, 0.4) is 0 Å². The number of nitrogens with zero attached hydrogens (tertiary/aromatic N) is 3. The number of aliphatic hydroxyl groups excluding tert-OH is 1. The number of aryl methyl sites for hydroxylation is 1. The number of sulfone groups is 1. The van der Waals surface area contributed by atoms with E-state index >= 15 is 0 Å². The van der Waals surface area contributed by atoms with Gasteiger partial charge in [-0.1, -0.05) is 29.3 Å². The molecule has 2 heterocycles. The largest absolute Gasteiger partial charge is 0.434 e. The number of hydrogen-bond acceptors (Lipinski definition) is 7. The standard InChI is InChI=1S/C27H21Cl2F4N5O3S/c1-14-35-26(27(31,32)33)12-37(14)22-6-3-15(16-7-21(30)19(13-39)25(9-16)42(2,40)41)8-23(22)38-24(11-34-36-38)18-5-4-17(28)10-20(18)29/h3-12,34,36,39H,13H2,1-2H3. The zero-order valence-corrected chi connectivity index (χ0v) is 24.1. The van der Waals surface area contributed by atoms with Crippen molar-refractivity contribution < 1.29 is 31.1 Å². The summed E-state index contributed by atoms with van der Waals surface area (Å²) in [6.07, 6.45) is -1.37. The second-order valence-electron chi connectivity index (χ2n) is 9.35. The number of aliphatic hydroxyl groups is 1. The van der Waals surface area contributed by atoms with Crippen molar-refractivity contribution in [3.05, 3.63) is 99.4 Å². The van der Waals surface area contributed by atoms with Crippen LogP contribution in [-0.2, 0) is 22.6 Å². The third-order valence-electron chi connectivity index (χ3n) is 6.53. The molecule has 0 atom stereocenters. The van der Waals surface area contributed by atoms with E-state index in [2.05, 4.69) is 15.9 Å². The number of benzene rings is 3. The molecule has 1 aliphatic rings. The van der Waals surface area contributed by atoms with Crippen LogP contribution in [0.25, 0.3) is 22.5 Å². The Hall–Kier alpha value is -3.62. The van der Waals surface area contributed by atoms with Crippen molar-refractivity contribution in [1.82, 2.24) is 20.5 Å². The molecule has 3 N–H and O–H groups in total. The Morgan fingerprint density at radius 1 is 1.02 bits per heavy atom. The summed E-state index contributed by atoms with van der Waals surface area (Å²) in [6.45, 7) is 0.580. The van der Waals surface area contributed by atoms with E-state index in [4.69, 9.17) is 23.2 Å². The van der Waals surface area contributed by atoms with Gasteiger partial charge in [-0.15, -0.1) is 5.53 Å². The van der Waals surface area contributed by atoms with Crippen LogP contribution in [0.2, 0.25) is 10.0 Å². The first-order chi connectivity index (χ1) is 19.7. The number of nitrogens with one attached hydrogen (secondary N) is 2. The molecule has 15 heteroatoms. The van der Waals surface area contributed by atoms with E-state index in [1.54, 1.807) is 24.4 Å². The minimum absolute atomic E-state index is 0.0382. The third kappa shape index (κ3) is 5.57. The predicted molar refractivity (Wildman–Crippen MR) is 151 cm³/mol. The van der Waals surface area contributed by atoms with Gasteiger partial charge in [0.15, 0.2) is 15.5 Å². The van der Waals surface area contributed by atoms with Crippen molar-refractivity contribution in [3.63, 3.8) is 0 Å². The Morgan fingerprint density at radius 2 is 1.76 bits per heavy atom. The Kier molecular flexibility index (Phi) is 7.75. The van der Waals surface area contributed by atoms with E-state index in [0.717, 1.165) is 18.5 Å². The summed E-state index contributed by atoms with van der Waals surface area (Å²) >= 11 is 12.5. The number of aromatic nitrogens is 2. The Balaban J connectivity index is 1.74. The second-order valence-corrected chi connectivity index (χ2v) is 12.2. The molecule has 0 saturated carbocycles. The van der Waals surface area contributed by atoms with Crippen molar-refractivity contribution in [2.75, 3.05) is 11.3 Å². The number of anilines is 1. The topological polar surface area (TPSA) is 99.5 Å². The summed E-state index contributed by atoms with van der Waals surface area (Å²) in [7, 11) is -3.93. The Labute approximate surface area is 247 Å². The highest BCUT2D eigenvalue weighted by atomic mass is 35.5. The lowest BCUT2D eigenvalue weighted by molar-refractivity contribution is -0.141. The van der Waals surface area contributed by atoms with Crippen molar-refractivity contribution >= 4 is 44.4 Å². The van der Waals surface area contributed by atoms with Gasteiger partial charge in [0.25, 0.3) is 0 Å². The second kappa shape index (κ2) is 10.9. The third-order valence-corrected chi connectivity index (χ3v) is 8.24. The molecule has 0 amide bonds. The minimum Gasteiger partial charge on any atom is -0.392 e. The molecule has 0 saturated heterocycles. The van der Waals surface area contributed by atoms with E-state index < -0.39 is 34.1 Å². The fourth-order valence-electron chi connectivity index (χ4n) is 4.58. The maximum atomic E-state index is 15.0. The van der Waals surface area contributed by atoms with E-state index in [1.165, 1.54) is 40.8 Å². The lowest BCUT2D eigenvalue weighted by Crippen LogP contribution is -2.37. The summed E-state index contributed by atoms with van der Waals surface area (Å²) in [6, 6.07) is 11.7. The highest BCUT2D eigenvalue weighted by molar-refractivity contribution is 7.90. The molecule has 5 rings (SSSR count). The predicted octanol–water partition coefficient (Wildman–Crippen LogP) is 6.04. The first kappa shape index (κ1) is 29.9. The van der Waals surface area contributed by atoms with Gasteiger partial charge in [-0.05, 0) is 60.5 Å². The summed E-state index contributed by atoms with van der Waals surface area (Å²) in [4.78, 5) is 3.28. The molecule has 0 unspecified atom stereocenters. The molecule has 220 valence electrons. The fourth-order valence-corrected chi connectivity index (χ4v) is 6.03. The molecule has 0 aliphatic carbocycles. The lowest BCUT2D eigenvalue weighted by Gasteiger charge is -2.26. The minimum atomic E-state index is -4.69. The number of hydrogen-bond donors (Lipinski definition) is 3. The van der Waals surface area contributed by atoms with Crippen LogP contribution in [0.1, 0.15) is 22.6 Å². The quantitative estimate of drug-likeness (QED) is 0.221. The highest BCUT2D eigenvalue weighted by Crippen LogP contribution is 2.39. The monoisotopic (exact) mass is 641 g/mol. The summed E-state index contributed by atoms with van der Waals surface area (Å²) < 4.78 is 81.6. The maximum Gasteiger partial charge on any atom is 0.434 e. The van der Waals surface area contributed by atoms with Gasteiger partial charge in [0.05, 0.1) is 33.6 Å². The van der Waals surface area contributed by atoms with Crippen molar-refractivity contribution in [3.8, 4) is 16.8 Å². The zero-order valence-electron chi connectivity index (χ0n) is 21.8. The van der Waals surface area contributed by atoms with Crippen LogP contribution in [0.5, 0.6) is 0 Å².